The van der Waals surface area contributed by atoms with Crippen molar-refractivity contribution in [2.75, 3.05) is 11.9 Å². The second kappa shape index (κ2) is 10.2. The van der Waals surface area contributed by atoms with Crippen molar-refractivity contribution in [2.45, 2.75) is 39.0 Å². The van der Waals surface area contributed by atoms with Crippen molar-refractivity contribution in [3.63, 3.8) is 0 Å². The average molecular weight is 484 g/mol. The van der Waals surface area contributed by atoms with E-state index in [1.54, 1.807) is 24.3 Å². The van der Waals surface area contributed by atoms with E-state index >= 15 is 0 Å². The highest BCUT2D eigenvalue weighted by Gasteiger charge is 2.29. The lowest BCUT2D eigenvalue weighted by molar-refractivity contribution is -0.122. The molecule has 1 saturated heterocycles. The van der Waals surface area contributed by atoms with Gasteiger partial charge in [-0.15, -0.1) is 0 Å². The number of nitrogens with one attached hydrogen (secondary N) is 1. The zero-order chi connectivity index (χ0) is 25.1. The number of hydrogen-bond donors (Lipinski definition) is 2. The minimum Gasteiger partial charge on any atom is -0.487 e. The lowest BCUT2D eigenvalue weighted by Gasteiger charge is -2.23. The Kier molecular flexibility index (Phi) is 6.69. The van der Waals surface area contributed by atoms with Gasteiger partial charge < -0.3 is 20.2 Å². The summed E-state index contributed by atoms with van der Waals surface area (Å²) in [5, 5.41) is 3.01. The van der Waals surface area contributed by atoms with Crippen LogP contribution < -0.4 is 15.8 Å². The van der Waals surface area contributed by atoms with Crippen molar-refractivity contribution < 1.29 is 14.3 Å². The number of hydrogen-bond acceptors (Lipinski definition) is 5. The number of amides is 2. The summed E-state index contributed by atoms with van der Waals surface area (Å²) in [7, 11) is 0. The summed E-state index contributed by atoms with van der Waals surface area (Å²) in [6, 6.07) is 18.4. The summed E-state index contributed by atoms with van der Waals surface area (Å²) < 4.78 is 7.86. The first kappa shape index (κ1) is 23.6. The summed E-state index contributed by atoms with van der Waals surface area (Å²) in [4.78, 5) is 31.3. The van der Waals surface area contributed by atoms with Crippen LogP contribution in [0.25, 0.3) is 5.65 Å². The van der Waals surface area contributed by atoms with Crippen molar-refractivity contribution in [1.82, 2.24) is 14.3 Å². The minimum absolute atomic E-state index is 0.211. The molecule has 3 N–H and O–H groups in total. The van der Waals surface area contributed by atoms with Crippen LogP contribution >= 0.6 is 0 Å². The van der Waals surface area contributed by atoms with Gasteiger partial charge in [0.05, 0.1) is 11.7 Å². The number of primary amides is 1. The van der Waals surface area contributed by atoms with Crippen LogP contribution in [0, 0.1) is 6.92 Å². The summed E-state index contributed by atoms with van der Waals surface area (Å²) in [6.07, 6.45) is 5.69. The molecular formula is C28H29N5O3. The van der Waals surface area contributed by atoms with Crippen LogP contribution in [0.4, 0.5) is 5.69 Å². The van der Waals surface area contributed by atoms with Crippen molar-refractivity contribution >= 4 is 23.1 Å². The Morgan fingerprint density at radius 3 is 2.69 bits per heavy atom. The summed E-state index contributed by atoms with van der Waals surface area (Å²) in [5.74, 6) is 0.150. The maximum Gasteiger partial charge on any atom is 0.255 e. The van der Waals surface area contributed by atoms with Gasteiger partial charge in [0.2, 0.25) is 5.91 Å². The number of pyridine rings is 1. The fourth-order valence-electron chi connectivity index (χ4n) is 4.62. The molecule has 8 nitrogen and oxygen atoms in total. The molecule has 184 valence electrons. The van der Waals surface area contributed by atoms with Gasteiger partial charge in [-0.05, 0) is 73.8 Å². The van der Waals surface area contributed by atoms with E-state index in [1.807, 2.05) is 60.1 Å². The lowest BCUT2D eigenvalue weighted by atomic mass is 10.1. The first-order valence-corrected chi connectivity index (χ1v) is 12.1. The van der Waals surface area contributed by atoms with Gasteiger partial charge in [-0.2, -0.15) is 0 Å². The van der Waals surface area contributed by atoms with Crippen molar-refractivity contribution in [3.05, 3.63) is 95.4 Å². The molecule has 2 aromatic heterocycles. The Morgan fingerprint density at radius 2 is 1.89 bits per heavy atom. The molecule has 5 rings (SSSR count). The molecule has 4 aromatic rings. The van der Waals surface area contributed by atoms with Crippen LogP contribution in [0.5, 0.6) is 5.75 Å². The summed E-state index contributed by atoms with van der Waals surface area (Å²) in [6.45, 7) is 3.74. The molecule has 1 unspecified atom stereocenters. The van der Waals surface area contributed by atoms with Crippen LogP contribution in [0.1, 0.15) is 40.0 Å². The standard InChI is InChI=1S/C28H29N5O3/c1-19-8-13-26-30-22(17-33(26)15-19)18-36-23-11-9-20(10-12-23)28(35)31-24-6-3-2-5-21(24)16-32-14-4-7-25(32)27(29)34/h2-3,5-6,8-13,15,17,25H,4,7,14,16,18H2,1H3,(H2,29,34)(H,31,35). The summed E-state index contributed by atoms with van der Waals surface area (Å²) in [5.41, 5.74) is 10.6. The third kappa shape index (κ3) is 5.23. The SMILES string of the molecule is Cc1ccc2nc(COc3ccc(C(=O)Nc4ccccc4CN4CCCC4C(N)=O)cc3)cn2c1. The molecular weight excluding hydrogens is 454 g/mol. The van der Waals surface area contributed by atoms with E-state index in [-0.39, 0.29) is 17.9 Å². The number of rotatable bonds is 8. The number of nitrogens with two attached hydrogens (primary N) is 1. The number of para-hydroxylation sites is 1. The van der Waals surface area contributed by atoms with Crippen molar-refractivity contribution in [1.29, 1.82) is 0 Å². The molecule has 0 spiro atoms. The fraction of sp³-hybridized carbons (Fsp3) is 0.250. The number of aromatic nitrogens is 2. The van der Waals surface area contributed by atoms with Crippen LogP contribution in [0.3, 0.4) is 0 Å². The highest BCUT2D eigenvalue weighted by Crippen LogP contribution is 2.24. The van der Waals surface area contributed by atoms with Gasteiger partial charge in [0.1, 0.15) is 18.0 Å². The number of benzene rings is 2. The Hall–Kier alpha value is -4.17. The molecule has 0 radical (unpaired) electrons. The average Bonchev–Trinajstić information content (AvgIpc) is 3.50. The predicted octanol–water partition coefficient (Wildman–Crippen LogP) is 3.92. The zero-order valence-corrected chi connectivity index (χ0v) is 20.2. The number of ether oxygens (including phenoxy) is 1. The van der Waals surface area contributed by atoms with E-state index in [1.165, 1.54) is 0 Å². The topological polar surface area (TPSA) is 102 Å². The van der Waals surface area contributed by atoms with Gasteiger partial charge in [0.15, 0.2) is 0 Å². The van der Waals surface area contributed by atoms with Gasteiger partial charge in [0.25, 0.3) is 5.91 Å². The first-order chi connectivity index (χ1) is 17.5. The number of fused-ring (bicyclic) bond motifs is 1. The molecule has 2 amide bonds. The van der Waals surface area contributed by atoms with E-state index in [0.717, 1.165) is 47.5 Å². The number of imidazole rings is 1. The van der Waals surface area contributed by atoms with E-state index in [9.17, 15) is 9.59 Å². The highest BCUT2D eigenvalue weighted by atomic mass is 16.5. The van der Waals surface area contributed by atoms with Crippen LogP contribution in [0.15, 0.2) is 73.1 Å². The Balaban J connectivity index is 1.21. The van der Waals surface area contributed by atoms with E-state index in [4.69, 9.17) is 10.5 Å². The van der Waals surface area contributed by atoms with Gasteiger partial charge in [-0.1, -0.05) is 24.3 Å². The zero-order valence-electron chi connectivity index (χ0n) is 20.2. The molecule has 1 atom stereocenters. The third-order valence-corrected chi connectivity index (χ3v) is 6.48. The molecule has 1 aliphatic heterocycles. The van der Waals surface area contributed by atoms with Crippen molar-refractivity contribution in [3.8, 4) is 5.75 Å². The Morgan fingerprint density at radius 1 is 1.08 bits per heavy atom. The lowest BCUT2D eigenvalue weighted by Crippen LogP contribution is -2.39. The summed E-state index contributed by atoms with van der Waals surface area (Å²) >= 11 is 0. The maximum absolute atomic E-state index is 12.9. The highest BCUT2D eigenvalue weighted by molar-refractivity contribution is 6.04. The normalized spacial score (nSPS) is 15.8. The van der Waals surface area contributed by atoms with Gasteiger partial charge in [0, 0.05) is 30.2 Å². The Labute approximate surface area is 209 Å². The van der Waals surface area contributed by atoms with Gasteiger partial charge in [-0.25, -0.2) is 4.98 Å². The molecule has 1 aliphatic rings. The number of anilines is 1. The van der Waals surface area contributed by atoms with E-state index in [2.05, 4.69) is 15.2 Å². The van der Waals surface area contributed by atoms with E-state index in [0.29, 0.717) is 24.5 Å². The predicted molar refractivity (Wildman–Crippen MR) is 138 cm³/mol. The second-order valence-electron chi connectivity index (χ2n) is 9.16. The first-order valence-electron chi connectivity index (χ1n) is 12.1. The number of likely N-dealkylation sites (tertiary alicyclic amines) is 1. The second-order valence-corrected chi connectivity index (χ2v) is 9.16. The molecule has 3 heterocycles. The smallest absolute Gasteiger partial charge is 0.255 e. The van der Waals surface area contributed by atoms with E-state index < -0.39 is 0 Å². The molecule has 0 saturated carbocycles. The fourth-order valence-corrected chi connectivity index (χ4v) is 4.62. The minimum atomic E-state index is -0.299. The Bertz CT molecular complexity index is 1400. The molecule has 1 fully saturated rings. The largest absolute Gasteiger partial charge is 0.487 e. The number of carbonyl (C=O) groups is 2. The monoisotopic (exact) mass is 483 g/mol. The molecule has 2 aromatic carbocycles. The third-order valence-electron chi connectivity index (χ3n) is 6.48. The van der Waals surface area contributed by atoms with Gasteiger partial charge >= 0.3 is 0 Å². The van der Waals surface area contributed by atoms with Crippen LogP contribution in [-0.2, 0) is 17.9 Å². The molecule has 0 aliphatic carbocycles. The van der Waals surface area contributed by atoms with Crippen LogP contribution in [-0.4, -0.2) is 38.7 Å². The quantitative estimate of drug-likeness (QED) is 0.396. The van der Waals surface area contributed by atoms with Crippen LogP contribution in [0.2, 0.25) is 0 Å². The molecule has 36 heavy (non-hydrogen) atoms. The number of carbonyl (C=O) groups excluding carboxylic acids is 2. The molecule has 0 bridgehead atoms. The molecule has 8 heteroatoms. The van der Waals surface area contributed by atoms with Gasteiger partial charge in [-0.3, -0.25) is 14.5 Å². The number of aryl methyl sites for hydroxylation is 1. The maximum atomic E-state index is 12.9. The number of nitrogens with zero attached hydrogens (tertiary/aromatic N) is 3. The van der Waals surface area contributed by atoms with Crippen molar-refractivity contribution in [2.24, 2.45) is 5.73 Å².